The standard InChI is InChI=1S/C19H17ClN6O3/c1-25-10-14(17(24-25)12-8-11(20)4-5-15(12)28-2)22-19(27)13-9-21-26-7-6-16(29-3)23-18(13)26/h4-10H,1-3H3,(H,22,27). The summed E-state index contributed by atoms with van der Waals surface area (Å²) in [4.78, 5) is 17.3. The number of fused-ring (bicyclic) bond motifs is 1. The predicted molar refractivity (Wildman–Crippen MR) is 108 cm³/mol. The van der Waals surface area contributed by atoms with Crippen LogP contribution in [0.4, 0.5) is 5.69 Å². The molecule has 4 rings (SSSR count). The largest absolute Gasteiger partial charge is 0.496 e. The molecule has 10 heteroatoms. The van der Waals surface area contributed by atoms with E-state index in [0.717, 1.165) is 0 Å². The van der Waals surface area contributed by atoms with Crippen molar-refractivity contribution in [2.45, 2.75) is 0 Å². The number of hydrogen-bond acceptors (Lipinski definition) is 6. The number of nitrogens with one attached hydrogen (secondary N) is 1. The van der Waals surface area contributed by atoms with Crippen LogP contribution >= 0.6 is 11.6 Å². The van der Waals surface area contributed by atoms with Gasteiger partial charge < -0.3 is 14.8 Å². The van der Waals surface area contributed by atoms with Gasteiger partial charge in [0.05, 0.1) is 26.1 Å². The number of hydrogen-bond donors (Lipinski definition) is 1. The first-order valence-electron chi connectivity index (χ1n) is 8.57. The van der Waals surface area contributed by atoms with Gasteiger partial charge in [0.1, 0.15) is 17.0 Å². The number of nitrogens with zero attached hydrogens (tertiary/aromatic N) is 5. The Kier molecular flexibility index (Phi) is 4.81. The maximum Gasteiger partial charge on any atom is 0.261 e. The second kappa shape index (κ2) is 7.44. The van der Waals surface area contributed by atoms with Crippen molar-refractivity contribution >= 4 is 28.8 Å². The van der Waals surface area contributed by atoms with Crippen molar-refractivity contribution in [3.63, 3.8) is 0 Å². The highest BCUT2D eigenvalue weighted by molar-refractivity contribution is 6.31. The third kappa shape index (κ3) is 3.47. The molecule has 1 aromatic carbocycles. The molecule has 0 saturated carbocycles. The van der Waals surface area contributed by atoms with Gasteiger partial charge >= 0.3 is 0 Å². The quantitative estimate of drug-likeness (QED) is 0.541. The highest BCUT2D eigenvalue weighted by Crippen LogP contribution is 2.36. The first kappa shape index (κ1) is 18.8. The van der Waals surface area contributed by atoms with Crippen molar-refractivity contribution in [3.05, 3.63) is 53.4 Å². The lowest BCUT2D eigenvalue weighted by atomic mass is 10.1. The monoisotopic (exact) mass is 412 g/mol. The van der Waals surface area contributed by atoms with Crippen LogP contribution in [0.3, 0.4) is 0 Å². The second-order valence-corrected chi connectivity index (χ2v) is 6.60. The van der Waals surface area contributed by atoms with Gasteiger partial charge in [-0.3, -0.25) is 9.48 Å². The van der Waals surface area contributed by atoms with E-state index in [-0.39, 0.29) is 5.91 Å². The lowest BCUT2D eigenvalue weighted by Gasteiger charge is -2.09. The van der Waals surface area contributed by atoms with Gasteiger partial charge in [0.15, 0.2) is 5.65 Å². The Balaban J connectivity index is 1.73. The topological polar surface area (TPSA) is 95.6 Å². The number of halogens is 1. The summed E-state index contributed by atoms with van der Waals surface area (Å²) in [7, 11) is 4.83. The Morgan fingerprint density at radius 1 is 1.21 bits per heavy atom. The summed E-state index contributed by atoms with van der Waals surface area (Å²) in [5.74, 6) is 0.597. The molecular formula is C19H17ClN6O3. The molecule has 1 amide bonds. The van der Waals surface area contributed by atoms with Gasteiger partial charge in [-0.1, -0.05) is 11.6 Å². The van der Waals surface area contributed by atoms with Gasteiger partial charge in [0.25, 0.3) is 5.91 Å². The number of aromatic nitrogens is 5. The Hall–Kier alpha value is -3.59. The van der Waals surface area contributed by atoms with Gasteiger partial charge in [0.2, 0.25) is 5.88 Å². The van der Waals surface area contributed by atoms with Crippen LogP contribution in [0.15, 0.2) is 42.9 Å². The number of ether oxygens (including phenoxy) is 2. The molecule has 1 N–H and O–H groups in total. The Labute approximate surface area is 170 Å². The number of amides is 1. The Bertz CT molecular complexity index is 1220. The minimum absolute atomic E-state index is 0.303. The van der Waals surface area contributed by atoms with Crippen LogP contribution < -0.4 is 14.8 Å². The van der Waals surface area contributed by atoms with Gasteiger partial charge in [-0.25, -0.2) is 4.52 Å². The van der Waals surface area contributed by atoms with E-state index >= 15 is 0 Å². The van der Waals surface area contributed by atoms with Crippen molar-refractivity contribution in [3.8, 4) is 22.9 Å². The van der Waals surface area contributed by atoms with E-state index in [2.05, 4.69) is 20.5 Å². The molecule has 4 aromatic rings. The van der Waals surface area contributed by atoms with Gasteiger partial charge in [-0.15, -0.1) is 0 Å². The lowest BCUT2D eigenvalue weighted by Crippen LogP contribution is -2.12. The van der Waals surface area contributed by atoms with Crippen LogP contribution in [0.5, 0.6) is 11.6 Å². The summed E-state index contributed by atoms with van der Waals surface area (Å²) in [5.41, 5.74) is 2.38. The average Bonchev–Trinajstić information content (AvgIpc) is 3.30. The molecule has 0 saturated heterocycles. The summed E-state index contributed by atoms with van der Waals surface area (Å²) >= 11 is 6.16. The Morgan fingerprint density at radius 3 is 2.79 bits per heavy atom. The molecule has 0 aliphatic rings. The zero-order valence-corrected chi connectivity index (χ0v) is 16.6. The van der Waals surface area contributed by atoms with Gasteiger partial charge in [-0.05, 0) is 18.2 Å². The summed E-state index contributed by atoms with van der Waals surface area (Å²) in [5, 5.41) is 12.0. The molecule has 3 heterocycles. The fourth-order valence-electron chi connectivity index (χ4n) is 2.96. The van der Waals surface area contributed by atoms with E-state index in [9.17, 15) is 4.79 Å². The molecule has 0 atom stereocenters. The lowest BCUT2D eigenvalue weighted by molar-refractivity contribution is 0.102. The number of aryl methyl sites for hydroxylation is 1. The van der Waals surface area contributed by atoms with E-state index in [0.29, 0.717) is 44.8 Å². The normalized spacial score (nSPS) is 10.9. The highest BCUT2D eigenvalue weighted by atomic mass is 35.5. The van der Waals surface area contributed by atoms with E-state index in [4.69, 9.17) is 21.1 Å². The Morgan fingerprint density at radius 2 is 2.03 bits per heavy atom. The van der Waals surface area contributed by atoms with Gasteiger partial charge in [-0.2, -0.15) is 15.2 Å². The highest BCUT2D eigenvalue weighted by Gasteiger charge is 2.20. The molecule has 9 nitrogen and oxygen atoms in total. The van der Waals surface area contributed by atoms with Crippen LogP contribution in [0.1, 0.15) is 10.4 Å². The molecule has 29 heavy (non-hydrogen) atoms. The minimum Gasteiger partial charge on any atom is -0.496 e. The smallest absolute Gasteiger partial charge is 0.261 e. The summed E-state index contributed by atoms with van der Waals surface area (Å²) < 4.78 is 13.7. The fraction of sp³-hybridized carbons (Fsp3) is 0.158. The first-order valence-corrected chi connectivity index (χ1v) is 8.95. The number of carbonyl (C=O) groups excluding carboxylic acids is 1. The average molecular weight is 413 g/mol. The molecule has 0 bridgehead atoms. The van der Waals surface area contributed by atoms with Gasteiger partial charge in [0, 0.05) is 36.1 Å². The van der Waals surface area contributed by atoms with Crippen LogP contribution in [0, 0.1) is 0 Å². The van der Waals surface area contributed by atoms with Crippen LogP contribution in [0.25, 0.3) is 16.9 Å². The van der Waals surface area contributed by atoms with Crippen molar-refractivity contribution in [2.24, 2.45) is 7.05 Å². The molecular weight excluding hydrogens is 396 g/mol. The number of carbonyl (C=O) groups is 1. The molecule has 0 aliphatic carbocycles. The first-order chi connectivity index (χ1) is 14.0. The molecule has 0 unspecified atom stereocenters. The summed E-state index contributed by atoms with van der Waals surface area (Å²) in [6.07, 6.45) is 4.82. The third-order valence-electron chi connectivity index (χ3n) is 4.29. The summed E-state index contributed by atoms with van der Waals surface area (Å²) in [6, 6.07) is 6.87. The van der Waals surface area contributed by atoms with E-state index in [1.165, 1.54) is 17.8 Å². The third-order valence-corrected chi connectivity index (χ3v) is 4.53. The van der Waals surface area contributed by atoms with Crippen molar-refractivity contribution in [2.75, 3.05) is 19.5 Å². The zero-order chi connectivity index (χ0) is 20.5. The molecule has 3 aromatic heterocycles. The van der Waals surface area contributed by atoms with E-state index in [1.807, 2.05) is 0 Å². The van der Waals surface area contributed by atoms with Crippen molar-refractivity contribution in [1.82, 2.24) is 24.4 Å². The van der Waals surface area contributed by atoms with Crippen molar-refractivity contribution in [1.29, 1.82) is 0 Å². The number of anilines is 1. The maximum absolute atomic E-state index is 13.0. The minimum atomic E-state index is -0.379. The van der Waals surface area contributed by atoms with E-state index < -0.39 is 0 Å². The molecule has 0 fully saturated rings. The van der Waals surface area contributed by atoms with Crippen LogP contribution in [-0.4, -0.2) is 44.5 Å². The van der Waals surface area contributed by atoms with Crippen LogP contribution in [0.2, 0.25) is 5.02 Å². The number of benzene rings is 1. The number of rotatable bonds is 5. The predicted octanol–water partition coefficient (Wildman–Crippen LogP) is 3.05. The second-order valence-electron chi connectivity index (χ2n) is 6.16. The zero-order valence-electron chi connectivity index (χ0n) is 15.9. The summed E-state index contributed by atoms with van der Waals surface area (Å²) in [6.45, 7) is 0. The maximum atomic E-state index is 13.0. The number of methoxy groups -OCH3 is 2. The fourth-order valence-corrected chi connectivity index (χ4v) is 3.13. The molecule has 0 spiro atoms. The molecule has 148 valence electrons. The van der Waals surface area contributed by atoms with Crippen molar-refractivity contribution < 1.29 is 14.3 Å². The molecule has 0 radical (unpaired) electrons. The van der Waals surface area contributed by atoms with E-state index in [1.54, 1.807) is 55.5 Å². The SMILES string of the molecule is COc1ccn2ncc(C(=O)Nc3cn(C)nc3-c3cc(Cl)ccc3OC)c2n1. The van der Waals surface area contributed by atoms with Crippen LogP contribution in [-0.2, 0) is 7.05 Å². The molecule has 0 aliphatic heterocycles.